The summed E-state index contributed by atoms with van der Waals surface area (Å²) >= 11 is 4.39. The summed E-state index contributed by atoms with van der Waals surface area (Å²) in [5, 5.41) is 12.4. The van der Waals surface area contributed by atoms with Crippen LogP contribution < -0.4 is 5.32 Å². The number of nitriles is 1. The SMILES string of the molecule is Cc1c(C(=O)OC(C)C)sc(NC(=O)/C=C/c2ccc(Br)cc2)c1C#N. The van der Waals surface area contributed by atoms with Gasteiger partial charge in [0.2, 0.25) is 5.91 Å². The molecule has 2 rings (SSSR count). The molecule has 5 nitrogen and oxygen atoms in total. The molecule has 0 saturated heterocycles. The third kappa shape index (κ3) is 5.04. The van der Waals surface area contributed by atoms with Gasteiger partial charge in [-0.25, -0.2) is 4.79 Å². The molecular formula is C19H17BrN2O3S. The Kier molecular flexibility index (Phi) is 6.72. The Morgan fingerprint density at radius 2 is 1.96 bits per heavy atom. The Bertz CT molecular complexity index is 893. The number of rotatable bonds is 5. The highest BCUT2D eigenvalue weighted by Crippen LogP contribution is 2.33. The number of nitrogens with zero attached hydrogens (tertiary/aromatic N) is 1. The average molecular weight is 433 g/mol. The molecule has 0 radical (unpaired) electrons. The van der Waals surface area contributed by atoms with Crippen molar-refractivity contribution in [1.29, 1.82) is 5.26 Å². The number of ether oxygens (including phenoxy) is 1. The van der Waals surface area contributed by atoms with Gasteiger partial charge in [0.25, 0.3) is 0 Å². The van der Waals surface area contributed by atoms with E-state index in [0.717, 1.165) is 21.4 Å². The molecule has 26 heavy (non-hydrogen) atoms. The maximum atomic E-state index is 12.2. The fourth-order valence-electron chi connectivity index (χ4n) is 2.10. The molecule has 1 N–H and O–H groups in total. The molecule has 0 aliphatic carbocycles. The van der Waals surface area contributed by atoms with Gasteiger partial charge in [0.15, 0.2) is 0 Å². The van der Waals surface area contributed by atoms with Gasteiger partial charge in [0.1, 0.15) is 15.9 Å². The van der Waals surface area contributed by atoms with Gasteiger partial charge in [-0.3, -0.25) is 4.79 Å². The topological polar surface area (TPSA) is 79.2 Å². The fraction of sp³-hybridized carbons (Fsp3) is 0.211. The van der Waals surface area contributed by atoms with Crippen molar-refractivity contribution in [3.8, 4) is 6.07 Å². The van der Waals surface area contributed by atoms with Gasteiger partial charge in [-0.1, -0.05) is 28.1 Å². The van der Waals surface area contributed by atoms with E-state index in [-0.39, 0.29) is 17.6 Å². The van der Waals surface area contributed by atoms with E-state index in [1.807, 2.05) is 30.3 Å². The summed E-state index contributed by atoms with van der Waals surface area (Å²) in [7, 11) is 0. The van der Waals surface area contributed by atoms with E-state index in [9.17, 15) is 14.9 Å². The van der Waals surface area contributed by atoms with Gasteiger partial charge >= 0.3 is 5.97 Å². The van der Waals surface area contributed by atoms with Crippen LogP contribution in [0.3, 0.4) is 0 Å². The lowest BCUT2D eigenvalue weighted by Crippen LogP contribution is -2.11. The lowest BCUT2D eigenvalue weighted by atomic mass is 10.1. The van der Waals surface area contributed by atoms with Gasteiger partial charge < -0.3 is 10.1 Å². The second-order valence-corrected chi connectivity index (χ2v) is 7.64. The van der Waals surface area contributed by atoms with Crippen molar-refractivity contribution in [1.82, 2.24) is 0 Å². The predicted octanol–water partition coefficient (Wildman–Crippen LogP) is 4.91. The summed E-state index contributed by atoms with van der Waals surface area (Å²) in [6, 6.07) is 9.52. The number of halogens is 1. The Labute approximate surface area is 164 Å². The number of benzene rings is 1. The predicted molar refractivity (Wildman–Crippen MR) is 106 cm³/mol. The first-order valence-electron chi connectivity index (χ1n) is 7.81. The maximum Gasteiger partial charge on any atom is 0.348 e. The number of hydrogen-bond donors (Lipinski definition) is 1. The number of thiophene rings is 1. The van der Waals surface area contributed by atoms with Crippen molar-refractivity contribution in [2.24, 2.45) is 0 Å². The molecule has 0 unspecified atom stereocenters. The second-order valence-electron chi connectivity index (χ2n) is 5.70. The molecule has 1 aromatic carbocycles. The van der Waals surface area contributed by atoms with Crippen LogP contribution in [-0.2, 0) is 9.53 Å². The van der Waals surface area contributed by atoms with Crippen molar-refractivity contribution in [2.75, 3.05) is 5.32 Å². The zero-order valence-corrected chi connectivity index (χ0v) is 16.9. The van der Waals surface area contributed by atoms with E-state index in [2.05, 4.69) is 21.2 Å². The minimum Gasteiger partial charge on any atom is -0.459 e. The van der Waals surface area contributed by atoms with E-state index in [1.54, 1.807) is 26.8 Å². The first-order valence-corrected chi connectivity index (χ1v) is 9.42. The molecule has 0 aliphatic rings. The van der Waals surface area contributed by atoms with E-state index < -0.39 is 5.97 Å². The normalized spacial score (nSPS) is 10.8. The highest BCUT2D eigenvalue weighted by atomic mass is 79.9. The average Bonchev–Trinajstić information content (AvgIpc) is 2.89. The molecule has 134 valence electrons. The van der Waals surface area contributed by atoms with Crippen LogP contribution in [0.15, 0.2) is 34.8 Å². The summed E-state index contributed by atoms with van der Waals surface area (Å²) in [6.45, 7) is 5.17. The van der Waals surface area contributed by atoms with Crippen molar-refractivity contribution < 1.29 is 14.3 Å². The largest absolute Gasteiger partial charge is 0.459 e. The van der Waals surface area contributed by atoms with Crippen molar-refractivity contribution in [3.63, 3.8) is 0 Å². The lowest BCUT2D eigenvalue weighted by molar-refractivity contribution is -0.111. The smallest absolute Gasteiger partial charge is 0.348 e. The van der Waals surface area contributed by atoms with Crippen LogP contribution in [0.5, 0.6) is 0 Å². The highest BCUT2D eigenvalue weighted by Gasteiger charge is 2.22. The van der Waals surface area contributed by atoms with E-state index in [1.165, 1.54) is 6.08 Å². The van der Waals surface area contributed by atoms with Crippen LogP contribution in [0.4, 0.5) is 5.00 Å². The molecule has 0 saturated carbocycles. The van der Waals surface area contributed by atoms with E-state index >= 15 is 0 Å². The summed E-state index contributed by atoms with van der Waals surface area (Å²) in [6.07, 6.45) is 2.79. The third-order valence-corrected chi connectivity index (χ3v) is 5.04. The first-order chi connectivity index (χ1) is 12.3. The number of nitrogens with one attached hydrogen (secondary N) is 1. The Morgan fingerprint density at radius 3 is 2.54 bits per heavy atom. The molecule has 2 aromatic rings. The van der Waals surface area contributed by atoms with Gasteiger partial charge in [0.05, 0.1) is 11.7 Å². The first kappa shape index (κ1) is 19.9. The van der Waals surface area contributed by atoms with Crippen molar-refractivity contribution in [2.45, 2.75) is 26.9 Å². The monoisotopic (exact) mass is 432 g/mol. The molecule has 0 aliphatic heterocycles. The molecule has 1 aromatic heterocycles. The number of carbonyl (C=O) groups is 2. The Morgan fingerprint density at radius 1 is 1.31 bits per heavy atom. The number of esters is 1. The molecule has 7 heteroatoms. The number of hydrogen-bond acceptors (Lipinski definition) is 5. The zero-order valence-electron chi connectivity index (χ0n) is 14.5. The molecule has 0 fully saturated rings. The van der Waals surface area contributed by atoms with Crippen LogP contribution in [0.2, 0.25) is 0 Å². The van der Waals surface area contributed by atoms with Crippen molar-refractivity contribution in [3.05, 3.63) is 56.4 Å². The van der Waals surface area contributed by atoms with Gasteiger partial charge in [0, 0.05) is 10.5 Å². The number of anilines is 1. The Balaban J connectivity index is 2.18. The molecular weight excluding hydrogens is 416 g/mol. The molecule has 1 amide bonds. The molecule has 0 atom stereocenters. The minimum atomic E-state index is -0.495. The maximum absolute atomic E-state index is 12.2. The molecule has 1 heterocycles. The summed E-state index contributed by atoms with van der Waals surface area (Å²) in [4.78, 5) is 24.6. The van der Waals surface area contributed by atoms with Gasteiger partial charge in [-0.2, -0.15) is 5.26 Å². The summed E-state index contributed by atoms with van der Waals surface area (Å²) < 4.78 is 6.13. The third-order valence-electron chi connectivity index (χ3n) is 3.32. The van der Waals surface area contributed by atoms with Crippen LogP contribution >= 0.6 is 27.3 Å². The van der Waals surface area contributed by atoms with Gasteiger partial charge in [-0.05, 0) is 50.1 Å². The quantitative estimate of drug-likeness (QED) is 0.537. The van der Waals surface area contributed by atoms with Crippen LogP contribution in [-0.4, -0.2) is 18.0 Å². The number of amides is 1. The molecule has 0 bridgehead atoms. The zero-order chi connectivity index (χ0) is 19.3. The Hall–Kier alpha value is -2.43. The number of carbonyl (C=O) groups excluding carboxylic acids is 2. The summed E-state index contributed by atoms with van der Waals surface area (Å²) in [5.74, 6) is -0.876. The fourth-order valence-corrected chi connectivity index (χ4v) is 3.41. The second kappa shape index (κ2) is 8.79. The minimum absolute atomic E-state index is 0.263. The lowest BCUT2D eigenvalue weighted by Gasteiger charge is -2.06. The molecule has 0 spiro atoms. The van der Waals surface area contributed by atoms with Crippen LogP contribution in [0.25, 0.3) is 6.08 Å². The standard InChI is InChI=1S/C19H17BrN2O3S/c1-11(2)25-19(24)17-12(3)15(10-21)18(26-17)22-16(23)9-6-13-4-7-14(20)8-5-13/h4-9,11H,1-3H3,(H,22,23)/b9-6+. The van der Waals surface area contributed by atoms with Crippen LogP contribution in [0.1, 0.15) is 40.2 Å². The van der Waals surface area contributed by atoms with Crippen molar-refractivity contribution >= 4 is 50.2 Å². The van der Waals surface area contributed by atoms with Crippen LogP contribution in [0, 0.1) is 18.3 Å². The van der Waals surface area contributed by atoms with Gasteiger partial charge in [-0.15, -0.1) is 11.3 Å². The highest BCUT2D eigenvalue weighted by molar-refractivity contribution is 9.10. The van der Waals surface area contributed by atoms with E-state index in [0.29, 0.717) is 15.4 Å². The van der Waals surface area contributed by atoms with E-state index in [4.69, 9.17) is 4.74 Å². The summed E-state index contributed by atoms with van der Waals surface area (Å²) in [5.41, 5.74) is 1.65.